The van der Waals surface area contributed by atoms with E-state index in [2.05, 4.69) is 0 Å². The lowest BCUT2D eigenvalue weighted by Gasteiger charge is -2.42. The van der Waals surface area contributed by atoms with Gasteiger partial charge in [-0.25, -0.2) is 19.4 Å². The molecular formula is C32H28O6. The maximum Gasteiger partial charge on any atom is 0.400 e. The Morgan fingerprint density at radius 3 is 1.71 bits per heavy atom. The van der Waals surface area contributed by atoms with Gasteiger partial charge in [-0.2, -0.15) is 4.89 Å². The third-order valence-electron chi connectivity index (χ3n) is 7.03. The lowest BCUT2D eigenvalue weighted by atomic mass is 9.59. The fourth-order valence-electron chi connectivity index (χ4n) is 5.27. The zero-order valence-electron chi connectivity index (χ0n) is 21.4. The van der Waals surface area contributed by atoms with Gasteiger partial charge in [-0.3, -0.25) is 0 Å². The van der Waals surface area contributed by atoms with Gasteiger partial charge in [0.2, 0.25) is 0 Å². The third-order valence-corrected chi connectivity index (χ3v) is 7.03. The Kier molecular flexibility index (Phi) is 6.51. The van der Waals surface area contributed by atoms with E-state index in [1.807, 2.05) is 87.5 Å². The first kappa shape index (κ1) is 25.2. The molecule has 1 heterocycles. The molecule has 192 valence electrons. The van der Waals surface area contributed by atoms with Gasteiger partial charge < -0.3 is 4.89 Å². The summed E-state index contributed by atoms with van der Waals surface area (Å²) >= 11 is 0. The van der Waals surface area contributed by atoms with Crippen LogP contribution in [0.1, 0.15) is 43.0 Å². The van der Waals surface area contributed by atoms with Crippen LogP contribution in [-0.4, -0.2) is 11.9 Å². The Labute approximate surface area is 221 Å². The number of rotatable bonds is 5. The van der Waals surface area contributed by atoms with Gasteiger partial charge >= 0.3 is 11.9 Å². The number of carbonyl (C=O) groups excluding carboxylic acids is 2. The molecule has 0 saturated carbocycles. The zero-order chi connectivity index (χ0) is 26.8. The fraction of sp³-hybridized carbons (Fsp3) is 0.188. The largest absolute Gasteiger partial charge is 0.400 e. The first-order valence-electron chi connectivity index (χ1n) is 12.4. The van der Waals surface area contributed by atoms with Crippen molar-refractivity contribution in [1.82, 2.24) is 0 Å². The number of hydrogen-bond acceptors (Lipinski definition) is 6. The first-order valence-corrected chi connectivity index (χ1v) is 12.4. The Bertz CT molecular complexity index is 1390. The van der Waals surface area contributed by atoms with Crippen LogP contribution in [0, 0.1) is 5.41 Å². The maximum absolute atomic E-state index is 14.1. The second kappa shape index (κ2) is 9.80. The Hall–Kier alpha value is -4.42. The van der Waals surface area contributed by atoms with Crippen LogP contribution in [0.15, 0.2) is 115 Å². The number of carbonyl (C=O) groups is 2. The molecule has 0 N–H and O–H groups in total. The quantitative estimate of drug-likeness (QED) is 0.233. The number of fused-ring (bicyclic) bond motifs is 1. The summed E-state index contributed by atoms with van der Waals surface area (Å²) in [6.07, 6.45) is 0. The average molecular weight is 509 g/mol. The average Bonchev–Trinajstić information content (AvgIpc) is 3.34. The van der Waals surface area contributed by atoms with E-state index < -0.39 is 28.4 Å². The molecule has 0 saturated heterocycles. The van der Waals surface area contributed by atoms with Crippen LogP contribution in [0.2, 0.25) is 0 Å². The van der Waals surface area contributed by atoms with Gasteiger partial charge in [0, 0.05) is 5.56 Å². The van der Waals surface area contributed by atoms with Gasteiger partial charge in [0.1, 0.15) is 5.41 Å². The van der Waals surface area contributed by atoms with E-state index in [1.54, 1.807) is 48.5 Å². The molecule has 38 heavy (non-hydrogen) atoms. The second-order valence-corrected chi connectivity index (χ2v) is 10.2. The molecule has 5 rings (SSSR count). The molecule has 4 aromatic rings. The fourth-order valence-corrected chi connectivity index (χ4v) is 5.27. The van der Waals surface area contributed by atoms with Gasteiger partial charge in [-0.1, -0.05) is 130 Å². The van der Waals surface area contributed by atoms with Crippen molar-refractivity contribution in [1.29, 1.82) is 0 Å². The van der Waals surface area contributed by atoms with Crippen LogP contribution < -0.4 is 4.89 Å². The monoisotopic (exact) mass is 508 g/mol. The number of benzene rings is 4. The summed E-state index contributed by atoms with van der Waals surface area (Å²) < 4.78 is 0. The summed E-state index contributed by atoms with van der Waals surface area (Å²) in [5.41, 5.74) is -1.40. The van der Waals surface area contributed by atoms with Crippen molar-refractivity contribution in [3.8, 4) is 5.75 Å². The van der Waals surface area contributed by atoms with Crippen molar-refractivity contribution >= 4 is 11.9 Å². The molecular weight excluding hydrogens is 480 g/mol. The highest BCUT2D eigenvalue weighted by Gasteiger charge is 2.57. The summed E-state index contributed by atoms with van der Waals surface area (Å²) in [5, 5.41) is 0. The van der Waals surface area contributed by atoms with E-state index >= 15 is 0 Å². The first-order chi connectivity index (χ1) is 18.3. The van der Waals surface area contributed by atoms with Gasteiger partial charge in [0.15, 0.2) is 5.75 Å². The van der Waals surface area contributed by atoms with Crippen LogP contribution in [0.3, 0.4) is 0 Å². The summed E-state index contributed by atoms with van der Waals surface area (Å²) in [4.78, 5) is 49.8. The van der Waals surface area contributed by atoms with E-state index in [-0.39, 0.29) is 0 Å². The van der Waals surface area contributed by atoms with Crippen LogP contribution in [0.5, 0.6) is 5.75 Å². The lowest BCUT2D eigenvalue weighted by molar-refractivity contribution is -0.302. The van der Waals surface area contributed by atoms with Gasteiger partial charge in [0.05, 0.1) is 5.56 Å². The highest BCUT2D eigenvalue weighted by Crippen LogP contribution is 2.49. The van der Waals surface area contributed by atoms with Crippen molar-refractivity contribution in [3.63, 3.8) is 0 Å². The molecule has 0 radical (unpaired) electrons. The molecule has 1 atom stereocenters. The Balaban J connectivity index is 1.55. The molecule has 0 amide bonds. The molecule has 0 spiro atoms. The van der Waals surface area contributed by atoms with Crippen molar-refractivity contribution in [2.75, 3.05) is 0 Å². The summed E-state index contributed by atoms with van der Waals surface area (Å²) in [6, 6.07) is 34.5. The molecule has 6 heteroatoms. The summed E-state index contributed by atoms with van der Waals surface area (Å²) in [6.45, 7) is 5.85. The van der Waals surface area contributed by atoms with E-state index in [1.165, 1.54) is 0 Å². The zero-order valence-corrected chi connectivity index (χ0v) is 21.4. The molecule has 4 aromatic carbocycles. The highest BCUT2D eigenvalue weighted by molar-refractivity contribution is 5.91. The lowest BCUT2D eigenvalue weighted by Crippen LogP contribution is -2.50. The van der Waals surface area contributed by atoms with Gasteiger partial charge in [-0.05, 0) is 22.6 Å². The van der Waals surface area contributed by atoms with Crippen LogP contribution in [0.4, 0.5) is 0 Å². The molecule has 0 aliphatic carbocycles. The Morgan fingerprint density at radius 2 is 1.16 bits per heavy atom. The SMILES string of the molecule is CC(C)(C)C(C(=O)OOC(=O)C1(c2ccccc2)OOc2ccccc21)(c1ccccc1)c1ccccc1. The minimum atomic E-state index is -1.78. The molecule has 6 nitrogen and oxygen atoms in total. The minimum Gasteiger partial charge on any atom is -0.335 e. The maximum atomic E-state index is 14.1. The molecule has 1 aliphatic heterocycles. The molecule has 0 aromatic heterocycles. The third kappa shape index (κ3) is 3.94. The second-order valence-electron chi connectivity index (χ2n) is 10.2. The topological polar surface area (TPSA) is 71.1 Å². The van der Waals surface area contributed by atoms with Crippen molar-refractivity contribution in [2.24, 2.45) is 5.41 Å². The van der Waals surface area contributed by atoms with Crippen LogP contribution >= 0.6 is 0 Å². The molecule has 1 aliphatic rings. The normalized spacial score (nSPS) is 16.7. The van der Waals surface area contributed by atoms with E-state index in [0.717, 1.165) is 0 Å². The number of hydrogen-bond donors (Lipinski definition) is 0. The van der Waals surface area contributed by atoms with Gasteiger partial charge in [0.25, 0.3) is 5.60 Å². The number of para-hydroxylation sites is 1. The van der Waals surface area contributed by atoms with Crippen molar-refractivity contribution < 1.29 is 29.1 Å². The molecule has 0 fully saturated rings. The molecule has 1 unspecified atom stereocenters. The highest BCUT2D eigenvalue weighted by atomic mass is 17.2. The van der Waals surface area contributed by atoms with E-state index in [0.29, 0.717) is 28.0 Å². The van der Waals surface area contributed by atoms with Crippen LogP contribution in [-0.2, 0) is 35.3 Å². The van der Waals surface area contributed by atoms with Crippen molar-refractivity contribution in [3.05, 3.63) is 138 Å². The summed E-state index contributed by atoms with van der Waals surface area (Å²) in [7, 11) is 0. The standard InChI is InChI=1S/C32H28O6/c1-30(2,3)31(23-15-7-4-8-16-23,24-17-9-5-10-18-24)28(33)36-37-29(34)32(25-19-11-6-12-20-25)26-21-13-14-22-27(26)35-38-32/h4-22H,1-3H3. The van der Waals surface area contributed by atoms with Gasteiger partial charge in [-0.15, -0.1) is 0 Å². The predicted molar refractivity (Wildman–Crippen MR) is 141 cm³/mol. The van der Waals surface area contributed by atoms with E-state index in [4.69, 9.17) is 19.6 Å². The van der Waals surface area contributed by atoms with Crippen LogP contribution in [0.25, 0.3) is 0 Å². The van der Waals surface area contributed by atoms with Crippen molar-refractivity contribution in [2.45, 2.75) is 31.8 Å². The molecule has 0 bridgehead atoms. The summed E-state index contributed by atoms with van der Waals surface area (Å²) in [5.74, 6) is -1.30. The minimum absolute atomic E-state index is 0.372. The van der Waals surface area contributed by atoms with E-state index in [9.17, 15) is 9.59 Å². The predicted octanol–water partition coefficient (Wildman–Crippen LogP) is 6.29. The smallest absolute Gasteiger partial charge is 0.335 e. The Morgan fingerprint density at radius 1 is 0.658 bits per heavy atom.